The third-order valence-corrected chi connectivity index (χ3v) is 4.33. The van der Waals surface area contributed by atoms with E-state index in [4.69, 9.17) is 4.74 Å². The Balaban J connectivity index is 1.73. The molecule has 2 aromatic rings. The molecule has 2 heterocycles. The second-order valence-corrected chi connectivity index (χ2v) is 7.64. The summed E-state index contributed by atoms with van der Waals surface area (Å²) in [6.45, 7) is 7.39. The highest BCUT2D eigenvalue weighted by Gasteiger charge is 2.27. The van der Waals surface area contributed by atoms with E-state index in [-0.39, 0.29) is 23.2 Å². The minimum Gasteiger partial charge on any atom is -0.444 e. The average Bonchev–Trinajstić information content (AvgIpc) is 3.23. The summed E-state index contributed by atoms with van der Waals surface area (Å²) in [7, 11) is 0. The Morgan fingerprint density at radius 3 is 2.67 bits per heavy atom. The van der Waals surface area contributed by atoms with Crippen molar-refractivity contribution in [3.63, 3.8) is 0 Å². The summed E-state index contributed by atoms with van der Waals surface area (Å²) in [5.41, 5.74) is 0.393. The van der Waals surface area contributed by atoms with Crippen LogP contribution in [-0.2, 0) is 4.74 Å². The number of piperazine rings is 1. The first kappa shape index (κ1) is 21.0. The molecule has 0 spiro atoms. The first-order valence-electron chi connectivity index (χ1n) is 9.40. The largest absolute Gasteiger partial charge is 0.444 e. The van der Waals surface area contributed by atoms with Gasteiger partial charge in [0.15, 0.2) is 0 Å². The van der Waals surface area contributed by atoms with Crippen LogP contribution in [0.4, 0.5) is 20.6 Å². The predicted molar refractivity (Wildman–Crippen MR) is 108 cm³/mol. The van der Waals surface area contributed by atoms with Gasteiger partial charge in [-0.3, -0.25) is 0 Å². The minimum absolute atomic E-state index is 0.104. The minimum atomic E-state index is -0.558. The van der Waals surface area contributed by atoms with Gasteiger partial charge in [0.2, 0.25) is 5.82 Å². The number of rotatable bonds is 4. The maximum atomic E-state index is 14.6. The van der Waals surface area contributed by atoms with Gasteiger partial charge < -0.3 is 19.9 Å². The third-order valence-electron chi connectivity index (χ3n) is 4.33. The lowest BCUT2D eigenvalue weighted by molar-refractivity contribution is 0.0240. The quantitative estimate of drug-likeness (QED) is 0.731. The topological polar surface area (TPSA) is 123 Å². The van der Waals surface area contributed by atoms with Gasteiger partial charge in [0.1, 0.15) is 23.1 Å². The van der Waals surface area contributed by atoms with E-state index in [0.717, 1.165) is 0 Å². The van der Waals surface area contributed by atoms with E-state index in [1.165, 1.54) is 12.3 Å². The van der Waals surface area contributed by atoms with E-state index >= 15 is 0 Å². The van der Waals surface area contributed by atoms with Gasteiger partial charge in [-0.2, -0.15) is 10.5 Å². The summed E-state index contributed by atoms with van der Waals surface area (Å²) >= 11 is 0. The number of allylic oxidation sites excluding steroid dienone is 1. The van der Waals surface area contributed by atoms with Gasteiger partial charge >= 0.3 is 6.09 Å². The summed E-state index contributed by atoms with van der Waals surface area (Å²) in [6.07, 6.45) is 0.977. The van der Waals surface area contributed by atoms with E-state index in [2.05, 4.69) is 25.9 Å². The van der Waals surface area contributed by atoms with Crippen molar-refractivity contribution in [2.45, 2.75) is 26.4 Å². The second-order valence-electron chi connectivity index (χ2n) is 7.64. The van der Waals surface area contributed by atoms with Crippen LogP contribution in [0.15, 0.2) is 24.4 Å². The van der Waals surface area contributed by atoms with Gasteiger partial charge in [0.25, 0.3) is 0 Å². The molecule has 0 bridgehead atoms. The number of amides is 1. The number of anilines is 2. The molecule has 30 heavy (non-hydrogen) atoms. The van der Waals surface area contributed by atoms with Crippen LogP contribution in [-0.4, -0.2) is 63.4 Å². The summed E-state index contributed by atoms with van der Waals surface area (Å²) in [5, 5.41) is 25.3. The van der Waals surface area contributed by atoms with Gasteiger partial charge in [0, 0.05) is 32.4 Å². The SMILES string of the molecule is CC(C)(C)OC(=O)N1CCN(c2cccc(F)c2NC=C(C#N)c2nn[nH]n2)CC1. The smallest absolute Gasteiger partial charge is 0.410 e. The molecule has 2 N–H and O–H groups in total. The number of nitrogens with zero attached hydrogens (tertiary/aromatic N) is 6. The van der Waals surface area contributed by atoms with Crippen molar-refractivity contribution in [2.75, 3.05) is 36.4 Å². The standard InChI is InChI=1S/C19H23FN8O2/c1-19(2,3)30-18(29)28-9-7-27(8-10-28)15-6-4-5-14(20)16(15)22-12-13(11-21)17-23-25-26-24-17/h4-6,12,22H,7-10H2,1-3H3,(H,23,24,25,26). The van der Waals surface area contributed by atoms with Crippen LogP contribution in [0.2, 0.25) is 0 Å². The fourth-order valence-electron chi connectivity index (χ4n) is 2.94. The maximum absolute atomic E-state index is 14.6. The highest BCUT2D eigenvalue weighted by atomic mass is 19.1. The zero-order valence-electron chi connectivity index (χ0n) is 17.0. The fourth-order valence-corrected chi connectivity index (χ4v) is 2.94. The van der Waals surface area contributed by atoms with Crippen LogP contribution in [0.3, 0.4) is 0 Å². The number of nitrogens with one attached hydrogen (secondary N) is 2. The molecule has 0 aliphatic carbocycles. The van der Waals surface area contributed by atoms with Gasteiger partial charge in [-0.25, -0.2) is 9.18 Å². The number of hydrogen-bond acceptors (Lipinski definition) is 8. The highest BCUT2D eigenvalue weighted by Crippen LogP contribution is 2.30. The van der Waals surface area contributed by atoms with Crippen LogP contribution in [0.1, 0.15) is 26.6 Å². The molecule has 1 fully saturated rings. The number of tetrazole rings is 1. The number of halogens is 1. The van der Waals surface area contributed by atoms with Crippen molar-refractivity contribution < 1.29 is 13.9 Å². The van der Waals surface area contributed by atoms with Gasteiger partial charge in [-0.05, 0) is 38.1 Å². The lowest BCUT2D eigenvalue weighted by Gasteiger charge is -2.37. The number of aromatic nitrogens is 4. The number of carbonyl (C=O) groups is 1. The highest BCUT2D eigenvalue weighted by molar-refractivity contribution is 5.78. The number of nitriles is 1. The third kappa shape index (κ3) is 5.02. The number of para-hydroxylation sites is 1. The summed E-state index contributed by atoms with van der Waals surface area (Å²) in [4.78, 5) is 15.9. The first-order valence-corrected chi connectivity index (χ1v) is 9.40. The van der Waals surface area contributed by atoms with Crippen molar-refractivity contribution in [3.05, 3.63) is 36.0 Å². The molecule has 0 atom stereocenters. The number of ether oxygens (including phenoxy) is 1. The van der Waals surface area contributed by atoms with E-state index in [1.54, 1.807) is 17.0 Å². The van der Waals surface area contributed by atoms with Crippen LogP contribution < -0.4 is 10.2 Å². The summed E-state index contributed by atoms with van der Waals surface area (Å²) in [6, 6.07) is 6.68. The Kier molecular flexibility index (Phi) is 6.15. The van der Waals surface area contributed by atoms with E-state index < -0.39 is 11.4 Å². The summed E-state index contributed by atoms with van der Waals surface area (Å²) in [5.74, 6) is -0.363. The van der Waals surface area contributed by atoms with Crippen LogP contribution in [0, 0.1) is 17.1 Å². The molecule has 1 aromatic carbocycles. The molecule has 10 nitrogen and oxygen atoms in total. The number of aromatic amines is 1. The van der Waals surface area contributed by atoms with Crippen molar-refractivity contribution in [1.82, 2.24) is 25.5 Å². The molecule has 0 saturated carbocycles. The Morgan fingerprint density at radius 2 is 2.07 bits per heavy atom. The Morgan fingerprint density at radius 1 is 1.33 bits per heavy atom. The molecule has 1 aliphatic rings. The lowest BCUT2D eigenvalue weighted by Crippen LogP contribution is -2.50. The zero-order chi connectivity index (χ0) is 21.7. The second kappa shape index (κ2) is 8.77. The number of H-pyrrole nitrogens is 1. The molecule has 3 rings (SSSR count). The van der Waals surface area contributed by atoms with Crippen molar-refractivity contribution in [1.29, 1.82) is 5.26 Å². The number of carbonyl (C=O) groups excluding carboxylic acids is 1. The van der Waals surface area contributed by atoms with E-state index in [9.17, 15) is 14.4 Å². The normalized spacial score (nSPS) is 15.0. The predicted octanol–water partition coefficient (Wildman–Crippen LogP) is 2.37. The van der Waals surface area contributed by atoms with Gasteiger partial charge in [-0.1, -0.05) is 6.07 Å². The molecule has 0 radical (unpaired) electrons. The fraction of sp³-hybridized carbons (Fsp3) is 0.421. The summed E-state index contributed by atoms with van der Waals surface area (Å²) < 4.78 is 20.0. The monoisotopic (exact) mass is 414 g/mol. The molecule has 1 amide bonds. The van der Waals surface area contributed by atoms with Crippen LogP contribution >= 0.6 is 0 Å². The van der Waals surface area contributed by atoms with Crippen molar-refractivity contribution in [3.8, 4) is 6.07 Å². The molecule has 1 aliphatic heterocycles. The maximum Gasteiger partial charge on any atom is 0.410 e. The van der Waals surface area contributed by atoms with Crippen LogP contribution in [0.5, 0.6) is 0 Å². The first-order chi connectivity index (χ1) is 14.3. The van der Waals surface area contributed by atoms with Crippen molar-refractivity contribution >= 4 is 23.0 Å². The Bertz CT molecular complexity index is 954. The number of hydrogen-bond donors (Lipinski definition) is 2. The number of benzene rings is 1. The van der Waals surface area contributed by atoms with Crippen molar-refractivity contribution in [2.24, 2.45) is 0 Å². The van der Waals surface area contributed by atoms with Gasteiger partial charge in [-0.15, -0.1) is 10.2 Å². The molecular formula is C19H23FN8O2. The molecule has 11 heteroatoms. The van der Waals surface area contributed by atoms with E-state index in [1.807, 2.05) is 31.7 Å². The Hall–Kier alpha value is -3.68. The molecular weight excluding hydrogens is 391 g/mol. The molecule has 0 unspecified atom stereocenters. The molecule has 158 valence electrons. The van der Waals surface area contributed by atoms with Gasteiger partial charge in [0.05, 0.1) is 11.4 Å². The molecule has 1 saturated heterocycles. The Labute approximate surface area is 173 Å². The lowest BCUT2D eigenvalue weighted by atomic mass is 10.2. The van der Waals surface area contributed by atoms with E-state index in [0.29, 0.717) is 31.9 Å². The zero-order valence-corrected chi connectivity index (χ0v) is 17.0. The molecule has 1 aromatic heterocycles. The van der Waals surface area contributed by atoms with Crippen LogP contribution in [0.25, 0.3) is 5.57 Å². The average molecular weight is 414 g/mol.